The van der Waals surface area contributed by atoms with Gasteiger partial charge in [-0.05, 0) is 25.3 Å². The highest BCUT2D eigenvalue weighted by Gasteiger charge is 2.39. The molecule has 0 saturated carbocycles. The van der Waals surface area contributed by atoms with E-state index in [1.807, 2.05) is 45.0 Å². The predicted molar refractivity (Wildman–Crippen MR) is 78.0 cm³/mol. The zero-order valence-corrected chi connectivity index (χ0v) is 12.5. The van der Waals surface area contributed by atoms with E-state index in [0.29, 0.717) is 6.54 Å². The molecule has 1 N–H and O–H groups in total. The van der Waals surface area contributed by atoms with E-state index in [4.69, 9.17) is 0 Å². The molecule has 4 heteroatoms. The van der Waals surface area contributed by atoms with Gasteiger partial charge in [-0.25, -0.2) is 0 Å². The van der Waals surface area contributed by atoms with Crippen LogP contribution in [0.4, 0.5) is 0 Å². The van der Waals surface area contributed by atoms with Crippen molar-refractivity contribution in [2.24, 2.45) is 5.92 Å². The average Bonchev–Trinajstić information content (AvgIpc) is 2.37. The molecule has 0 spiro atoms. The number of rotatable bonds is 3. The maximum Gasteiger partial charge on any atom is 0.245 e. The molecule has 2 atom stereocenters. The third-order valence-electron chi connectivity index (χ3n) is 3.72. The predicted octanol–water partition coefficient (Wildman–Crippen LogP) is 1.87. The Morgan fingerprint density at radius 3 is 2.35 bits per heavy atom. The van der Waals surface area contributed by atoms with Crippen LogP contribution in [-0.4, -0.2) is 28.8 Å². The SMILES string of the molecule is Cc1ccc(CN2C(=O)C(C)NC(=O)C2C(C)C)cc1. The molecule has 1 aromatic rings. The Balaban J connectivity index is 2.26. The lowest BCUT2D eigenvalue weighted by Crippen LogP contribution is -2.63. The lowest BCUT2D eigenvalue weighted by atomic mass is 9.96. The van der Waals surface area contributed by atoms with Crippen molar-refractivity contribution < 1.29 is 9.59 Å². The van der Waals surface area contributed by atoms with E-state index in [2.05, 4.69) is 5.32 Å². The van der Waals surface area contributed by atoms with Gasteiger partial charge < -0.3 is 10.2 Å². The van der Waals surface area contributed by atoms with Crippen LogP contribution in [0.3, 0.4) is 0 Å². The van der Waals surface area contributed by atoms with Crippen LogP contribution in [0, 0.1) is 12.8 Å². The van der Waals surface area contributed by atoms with Gasteiger partial charge in [0.2, 0.25) is 11.8 Å². The Bertz CT molecular complexity index is 508. The van der Waals surface area contributed by atoms with Crippen molar-refractivity contribution in [3.8, 4) is 0 Å². The second kappa shape index (κ2) is 5.65. The van der Waals surface area contributed by atoms with Crippen LogP contribution >= 0.6 is 0 Å². The van der Waals surface area contributed by atoms with Crippen LogP contribution in [0.25, 0.3) is 0 Å². The fourth-order valence-electron chi connectivity index (χ4n) is 2.62. The highest BCUT2D eigenvalue weighted by Crippen LogP contribution is 2.20. The molecule has 1 aliphatic heterocycles. The number of carbonyl (C=O) groups is 2. The van der Waals surface area contributed by atoms with Gasteiger partial charge in [0.1, 0.15) is 12.1 Å². The number of benzene rings is 1. The summed E-state index contributed by atoms with van der Waals surface area (Å²) in [6.07, 6.45) is 0. The lowest BCUT2D eigenvalue weighted by molar-refractivity contribution is -0.151. The van der Waals surface area contributed by atoms with E-state index < -0.39 is 6.04 Å². The Kier molecular flexibility index (Phi) is 4.12. The lowest BCUT2D eigenvalue weighted by Gasteiger charge is -2.40. The Morgan fingerprint density at radius 1 is 1.20 bits per heavy atom. The zero-order valence-electron chi connectivity index (χ0n) is 12.5. The molecule has 1 fully saturated rings. The van der Waals surface area contributed by atoms with Gasteiger partial charge in [-0.2, -0.15) is 0 Å². The fraction of sp³-hybridized carbons (Fsp3) is 0.500. The molecule has 4 nitrogen and oxygen atoms in total. The molecule has 108 valence electrons. The molecule has 0 bridgehead atoms. The molecular formula is C16H22N2O2. The van der Waals surface area contributed by atoms with Crippen LogP contribution < -0.4 is 5.32 Å². The van der Waals surface area contributed by atoms with Crippen molar-refractivity contribution in [2.75, 3.05) is 0 Å². The molecule has 0 radical (unpaired) electrons. The van der Waals surface area contributed by atoms with Crippen molar-refractivity contribution in [1.82, 2.24) is 10.2 Å². The highest BCUT2D eigenvalue weighted by atomic mass is 16.2. The summed E-state index contributed by atoms with van der Waals surface area (Å²) >= 11 is 0. The Hall–Kier alpha value is -1.84. The summed E-state index contributed by atoms with van der Waals surface area (Å²) in [4.78, 5) is 26.2. The van der Waals surface area contributed by atoms with Gasteiger partial charge in [-0.3, -0.25) is 9.59 Å². The molecule has 2 unspecified atom stereocenters. The Labute approximate surface area is 120 Å². The van der Waals surface area contributed by atoms with Gasteiger partial charge in [0, 0.05) is 6.54 Å². The maximum absolute atomic E-state index is 12.4. The summed E-state index contributed by atoms with van der Waals surface area (Å²) < 4.78 is 0. The van der Waals surface area contributed by atoms with E-state index in [0.717, 1.165) is 5.56 Å². The summed E-state index contributed by atoms with van der Waals surface area (Å²) in [5.41, 5.74) is 2.24. The van der Waals surface area contributed by atoms with E-state index in [9.17, 15) is 9.59 Å². The average molecular weight is 274 g/mol. The second-order valence-corrected chi connectivity index (χ2v) is 5.87. The zero-order chi connectivity index (χ0) is 14.9. The number of amides is 2. The van der Waals surface area contributed by atoms with Gasteiger partial charge >= 0.3 is 0 Å². The van der Waals surface area contributed by atoms with Gasteiger partial charge in [0.15, 0.2) is 0 Å². The minimum atomic E-state index is -0.442. The van der Waals surface area contributed by atoms with Crippen molar-refractivity contribution in [3.05, 3.63) is 35.4 Å². The minimum Gasteiger partial charge on any atom is -0.343 e. The highest BCUT2D eigenvalue weighted by molar-refractivity contribution is 5.96. The number of nitrogens with zero attached hydrogens (tertiary/aromatic N) is 1. The molecule has 2 rings (SSSR count). The Morgan fingerprint density at radius 2 is 1.80 bits per heavy atom. The molecule has 1 heterocycles. The van der Waals surface area contributed by atoms with Crippen molar-refractivity contribution in [1.29, 1.82) is 0 Å². The number of carbonyl (C=O) groups excluding carboxylic acids is 2. The van der Waals surface area contributed by atoms with Crippen LogP contribution in [0.1, 0.15) is 31.9 Å². The van der Waals surface area contributed by atoms with Crippen LogP contribution in [0.5, 0.6) is 0 Å². The molecule has 1 saturated heterocycles. The first kappa shape index (κ1) is 14.6. The van der Waals surface area contributed by atoms with Crippen molar-refractivity contribution >= 4 is 11.8 Å². The third-order valence-corrected chi connectivity index (χ3v) is 3.72. The van der Waals surface area contributed by atoms with E-state index in [1.165, 1.54) is 5.56 Å². The summed E-state index contributed by atoms with van der Waals surface area (Å²) in [5.74, 6) is 0.0278. The molecular weight excluding hydrogens is 252 g/mol. The topological polar surface area (TPSA) is 49.4 Å². The molecule has 1 aromatic carbocycles. The smallest absolute Gasteiger partial charge is 0.245 e. The number of hydrogen-bond donors (Lipinski definition) is 1. The quantitative estimate of drug-likeness (QED) is 0.914. The first-order valence-electron chi connectivity index (χ1n) is 7.06. The van der Waals surface area contributed by atoms with Gasteiger partial charge in [0.05, 0.1) is 0 Å². The van der Waals surface area contributed by atoms with Crippen LogP contribution in [-0.2, 0) is 16.1 Å². The van der Waals surface area contributed by atoms with Gasteiger partial charge in [0.25, 0.3) is 0 Å². The van der Waals surface area contributed by atoms with E-state index in [1.54, 1.807) is 11.8 Å². The first-order chi connectivity index (χ1) is 9.40. The van der Waals surface area contributed by atoms with Gasteiger partial charge in [-0.15, -0.1) is 0 Å². The molecule has 1 aliphatic rings. The van der Waals surface area contributed by atoms with E-state index in [-0.39, 0.29) is 23.8 Å². The molecule has 0 aliphatic carbocycles. The standard InChI is InChI=1S/C16H22N2O2/c1-10(2)14-15(19)17-12(4)16(20)18(14)9-13-7-5-11(3)6-8-13/h5-8,10,12,14H,9H2,1-4H3,(H,17,19). The fourth-order valence-corrected chi connectivity index (χ4v) is 2.62. The summed E-state index contributed by atoms with van der Waals surface area (Å²) in [6, 6.07) is 7.24. The third kappa shape index (κ3) is 2.84. The normalized spacial score (nSPS) is 23.1. The number of piperazine rings is 1. The molecule has 2 amide bonds. The first-order valence-corrected chi connectivity index (χ1v) is 7.06. The minimum absolute atomic E-state index is 0.0103. The molecule has 20 heavy (non-hydrogen) atoms. The molecule has 0 aromatic heterocycles. The summed E-state index contributed by atoms with van der Waals surface area (Å²) in [6.45, 7) is 8.19. The van der Waals surface area contributed by atoms with Crippen molar-refractivity contribution in [3.63, 3.8) is 0 Å². The number of hydrogen-bond acceptors (Lipinski definition) is 2. The van der Waals surface area contributed by atoms with Crippen LogP contribution in [0.15, 0.2) is 24.3 Å². The van der Waals surface area contributed by atoms with Crippen molar-refractivity contribution in [2.45, 2.75) is 46.3 Å². The second-order valence-electron chi connectivity index (χ2n) is 5.87. The van der Waals surface area contributed by atoms with Gasteiger partial charge in [-0.1, -0.05) is 43.7 Å². The maximum atomic E-state index is 12.4. The largest absolute Gasteiger partial charge is 0.343 e. The number of nitrogens with one attached hydrogen (secondary N) is 1. The monoisotopic (exact) mass is 274 g/mol. The summed E-state index contributed by atoms with van der Waals surface area (Å²) in [7, 11) is 0. The number of aryl methyl sites for hydroxylation is 1. The van der Waals surface area contributed by atoms with Crippen LogP contribution in [0.2, 0.25) is 0 Å². The summed E-state index contributed by atoms with van der Waals surface area (Å²) in [5, 5.41) is 2.76. The van der Waals surface area contributed by atoms with E-state index >= 15 is 0 Å².